The zero-order valence-corrected chi connectivity index (χ0v) is 19.3. The Kier molecular flexibility index (Phi) is 7.22. The molecule has 2 aromatic rings. The molecule has 3 rings (SSSR count). The molecule has 5 nitrogen and oxygen atoms in total. The highest BCUT2D eigenvalue weighted by Gasteiger charge is 2.27. The Morgan fingerprint density at radius 1 is 1.00 bits per heavy atom. The molecule has 1 N–H and O–H groups in total. The van der Waals surface area contributed by atoms with Crippen molar-refractivity contribution in [1.82, 2.24) is 9.62 Å². The van der Waals surface area contributed by atoms with Crippen LogP contribution in [0.15, 0.2) is 41.3 Å². The van der Waals surface area contributed by atoms with Crippen molar-refractivity contribution in [2.75, 3.05) is 13.1 Å². The third-order valence-electron chi connectivity index (χ3n) is 5.76. The predicted octanol–water partition coefficient (Wildman–Crippen LogP) is 5.01. The van der Waals surface area contributed by atoms with E-state index in [1.54, 1.807) is 0 Å². The third kappa shape index (κ3) is 5.05. The van der Waals surface area contributed by atoms with Gasteiger partial charge in [0.1, 0.15) is 0 Å². The van der Waals surface area contributed by atoms with E-state index in [0.717, 1.165) is 36.8 Å². The summed E-state index contributed by atoms with van der Waals surface area (Å²) in [5.41, 5.74) is 3.49. The Morgan fingerprint density at radius 2 is 1.67 bits per heavy atom. The lowest BCUT2D eigenvalue weighted by Crippen LogP contribution is -2.32. The van der Waals surface area contributed by atoms with Crippen molar-refractivity contribution >= 4 is 27.5 Å². The van der Waals surface area contributed by atoms with E-state index in [0.29, 0.717) is 13.1 Å². The standard InChI is InChI=1S/C23H29ClN2O3S/c1-16-8-9-19(14-17(16)2)18(3)25-23(27)21-15-20(10-11-22(21)24)30(28,29)26-12-6-4-5-7-13-26/h8-11,14-15,18H,4-7,12-13H2,1-3H3,(H,25,27)/t18-/m0/s1. The molecule has 30 heavy (non-hydrogen) atoms. The van der Waals surface area contributed by atoms with Gasteiger partial charge in [0.05, 0.1) is 21.5 Å². The van der Waals surface area contributed by atoms with E-state index in [-0.39, 0.29) is 21.5 Å². The molecule has 1 aliphatic heterocycles. The first-order valence-corrected chi connectivity index (χ1v) is 12.2. The fourth-order valence-electron chi connectivity index (χ4n) is 3.66. The number of nitrogens with zero attached hydrogens (tertiary/aromatic N) is 1. The minimum atomic E-state index is -3.65. The molecule has 162 valence electrons. The average Bonchev–Trinajstić information content (AvgIpc) is 3.00. The Bertz CT molecular complexity index is 1030. The van der Waals surface area contributed by atoms with Crippen LogP contribution in [-0.4, -0.2) is 31.7 Å². The Morgan fingerprint density at radius 3 is 2.30 bits per heavy atom. The summed E-state index contributed by atoms with van der Waals surface area (Å²) in [6, 6.07) is 10.2. The minimum Gasteiger partial charge on any atom is -0.345 e. The van der Waals surface area contributed by atoms with E-state index in [9.17, 15) is 13.2 Å². The number of benzene rings is 2. The van der Waals surface area contributed by atoms with Crippen molar-refractivity contribution in [3.8, 4) is 0 Å². The molecule has 0 radical (unpaired) electrons. The first-order valence-electron chi connectivity index (χ1n) is 10.4. The molecular formula is C23H29ClN2O3S. The Balaban J connectivity index is 1.83. The van der Waals surface area contributed by atoms with Gasteiger partial charge >= 0.3 is 0 Å². The van der Waals surface area contributed by atoms with E-state index < -0.39 is 15.9 Å². The summed E-state index contributed by atoms with van der Waals surface area (Å²) in [4.78, 5) is 13.0. The Labute approximate surface area is 184 Å². The summed E-state index contributed by atoms with van der Waals surface area (Å²) >= 11 is 6.26. The first kappa shape index (κ1) is 22.8. The van der Waals surface area contributed by atoms with Gasteiger partial charge in [-0.1, -0.05) is 42.6 Å². The molecule has 1 heterocycles. The van der Waals surface area contributed by atoms with Crippen LogP contribution in [0, 0.1) is 13.8 Å². The maximum atomic E-state index is 13.1. The Hall–Kier alpha value is -1.89. The number of amides is 1. The van der Waals surface area contributed by atoms with Gasteiger partial charge in [-0.3, -0.25) is 4.79 Å². The number of carbonyl (C=O) groups is 1. The number of sulfonamides is 1. The lowest BCUT2D eigenvalue weighted by molar-refractivity contribution is 0.0940. The fraction of sp³-hybridized carbons (Fsp3) is 0.435. The van der Waals surface area contributed by atoms with Crippen LogP contribution in [0.4, 0.5) is 0 Å². The summed E-state index contributed by atoms with van der Waals surface area (Å²) in [6.07, 6.45) is 3.79. The molecule has 2 aromatic carbocycles. The van der Waals surface area contributed by atoms with E-state index in [2.05, 4.69) is 5.32 Å². The number of rotatable bonds is 5. The molecular weight excluding hydrogens is 420 g/mol. The van der Waals surface area contributed by atoms with E-state index >= 15 is 0 Å². The molecule has 0 spiro atoms. The van der Waals surface area contributed by atoms with Gasteiger partial charge in [-0.05, 0) is 68.5 Å². The average molecular weight is 449 g/mol. The highest BCUT2D eigenvalue weighted by atomic mass is 35.5. The minimum absolute atomic E-state index is 0.109. The van der Waals surface area contributed by atoms with Crippen LogP contribution in [0.25, 0.3) is 0 Å². The van der Waals surface area contributed by atoms with Crippen LogP contribution in [0.2, 0.25) is 5.02 Å². The topological polar surface area (TPSA) is 66.5 Å². The summed E-state index contributed by atoms with van der Waals surface area (Å²) in [5, 5.41) is 3.17. The number of nitrogens with one attached hydrogen (secondary N) is 1. The van der Waals surface area contributed by atoms with E-state index in [1.165, 1.54) is 28.1 Å². The molecule has 0 aromatic heterocycles. The van der Waals surface area contributed by atoms with Crippen LogP contribution < -0.4 is 5.32 Å². The molecule has 1 atom stereocenters. The molecule has 0 unspecified atom stereocenters. The van der Waals surface area contributed by atoms with Crippen LogP contribution >= 0.6 is 11.6 Å². The summed E-state index contributed by atoms with van der Waals surface area (Å²) < 4.78 is 27.7. The van der Waals surface area contributed by atoms with Gasteiger partial charge in [-0.25, -0.2) is 8.42 Å². The van der Waals surface area contributed by atoms with Gasteiger partial charge < -0.3 is 5.32 Å². The maximum absolute atomic E-state index is 13.1. The largest absolute Gasteiger partial charge is 0.345 e. The zero-order valence-electron chi connectivity index (χ0n) is 17.7. The number of halogens is 1. The van der Waals surface area contributed by atoms with Gasteiger partial charge in [0.2, 0.25) is 10.0 Å². The second kappa shape index (κ2) is 9.50. The third-order valence-corrected chi connectivity index (χ3v) is 7.99. The van der Waals surface area contributed by atoms with Gasteiger partial charge in [0.15, 0.2) is 0 Å². The van der Waals surface area contributed by atoms with E-state index in [4.69, 9.17) is 11.6 Å². The monoisotopic (exact) mass is 448 g/mol. The van der Waals surface area contributed by atoms with Gasteiger partial charge in [-0.2, -0.15) is 4.31 Å². The van der Waals surface area contributed by atoms with E-state index in [1.807, 2.05) is 39.0 Å². The van der Waals surface area contributed by atoms with Crippen LogP contribution in [0.3, 0.4) is 0 Å². The second-order valence-electron chi connectivity index (χ2n) is 8.00. The zero-order chi connectivity index (χ0) is 21.9. The summed E-state index contributed by atoms with van der Waals surface area (Å²) in [7, 11) is -3.65. The molecule has 1 amide bonds. The van der Waals surface area contributed by atoms with Crippen molar-refractivity contribution in [2.45, 2.75) is 57.4 Å². The molecule has 1 aliphatic rings. The first-order chi connectivity index (χ1) is 14.2. The summed E-state index contributed by atoms with van der Waals surface area (Å²) in [6.45, 7) is 6.99. The fourth-order valence-corrected chi connectivity index (χ4v) is 5.41. The number of aryl methyl sites for hydroxylation is 2. The van der Waals surface area contributed by atoms with Crippen molar-refractivity contribution in [2.24, 2.45) is 0 Å². The number of hydrogen-bond acceptors (Lipinski definition) is 3. The van der Waals surface area contributed by atoms with Crippen molar-refractivity contribution in [3.05, 3.63) is 63.7 Å². The van der Waals surface area contributed by atoms with Crippen molar-refractivity contribution in [1.29, 1.82) is 0 Å². The van der Waals surface area contributed by atoms with Crippen LogP contribution in [0.1, 0.15) is 65.7 Å². The molecule has 0 saturated carbocycles. The maximum Gasteiger partial charge on any atom is 0.253 e. The normalized spacial score (nSPS) is 16.7. The molecule has 0 bridgehead atoms. The predicted molar refractivity (Wildman–Crippen MR) is 120 cm³/mol. The lowest BCUT2D eigenvalue weighted by Gasteiger charge is -2.21. The van der Waals surface area contributed by atoms with Gasteiger partial charge in [0.25, 0.3) is 5.91 Å². The van der Waals surface area contributed by atoms with Gasteiger partial charge in [0, 0.05) is 13.1 Å². The molecule has 0 aliphatic carbocycles. The smallest absolute Gasteiger partial charge is 0.253 e. The highest BCUT2D eigenvalue weighted by Crippen LogP contribution is 2.26. The highest BCUT2D eigenvalue weighted by molar-refractivity contribution is 7.89. The van der Waals surface area contributed by atoms with Crippen molar-refractivity contribution in [3.63, 3.8) is 0 Å². The van der Waals surface area contributed by atoms with Crippen molar-refractivity contribution < 1.29 is 13.2 Å². The number of hydrogen-bond donors (Lipinski definition) is 1. The molecule has 1 saturated heterocycles. The quantitative estimate of drug-likeness (QED) is 0.698. The molecule has 1 fully saturated rings. The van der Waals surface area contributed by atoms with Crippen LogP contribution in [-0.2, 0) is 10.0 Å². The molecule has 7 heteroatoms. The SMILES string of the molecule is Cc1ccc([C@H](C)NC(=O)c2cc(S(=O)(=O)N3CCCCCC3)ccc2Cl)cc1C. The summed E-state index contributed by atoms with van der Waals surface area (Å²) in [5.74, 6) is -0.390. The second-order valence-corrected chi connectivity index (χ2v) is 10.3. The van der Waals surface area contributed by atoms with Gasteiger partial charge in [-0.15, -0.1) is 0 Å². The van der Waals surface area contributed by atoms with Crippen LogP contribution in [0.5, 0.6) is 0 Å². The lowest BCUT2D eigenvalue weighted by atomic mass is 10.0. The number of carbonyl (C=O) groups excluding carboxylic acids is 1.